The van der Waals surface area contributed by atoms with Crippen molar-refractivity contribution >= 4 is 0 Å². The molecule has 2 N–H and O–H groups in total. The monoisotopic (exact) mass is 352 g/mol. The highest BCUT2D eigenvalue weighted by molar-refractivity contribution is 5.25. The van der Waals surface area contributed by atoms with Crippen molar-refractivity contribution in [3.63, 3.8) is 0 Å². The highest BCUT2D eigenvalue weighted by Gasteiger charge is 2.20. The molecular formula is C23H32N2O. The van der Waals surface area contributed by atoms with Crippen LogP contribution in [0, 0.1) is 0 Å². The number of nitrogens with zero attached hydrogens (tertiary/aromatic N) is 1. The number of aryl methyl sites for hydroxylation is 1. The zero-order valence-corrected chi connectivity index (χ0v) is 15.9. The van der Waals surface area contributed by atoms with Crippen molar-refractivity contribution in [2.75, 3.05) is 19.6 Å². The Bertz CT molecular complexity index is 633. The van der Waals surface area contributed by atoms with Crippen LogP contribution < -0.4 is 5.32 Å². The molecule has 2 aromatic carbocycles. The number of likely N-dealkylation sites (tertiary alicyclic amines) is 1. The molecule has 0 aliphatic carbocycles. The van der Waals surface area contributed by atoms with E-state index < -0.39 is 0 Å². The Kier molecular flexibility index (Phi) is 7.10. The second-order valence-electron chi connectivity index (χ2n) is 7.62. The van der Waals surface area contributed by atoms with Crippen LogP contribution in [-0.2, 0) is 12.8 Å². The first kappa shape index (κ1) is 18.9. The molecule has 2 aromatic rings. The zero-order valence-electron chi connectivity index (χ0n) is 15.9. The molecule has 0 radical (unpaired) electrons. The number of piperidine rings is 1. The number of phenolic OH excluding ortho intramolecular Hbond substituents is 1. The molecule has 3 rings (SSSR count). The van der Waals surface area contributed by atoms with Crippen LogP contribution in [0.3, 0.4) is 0 Å². The lowest BCUT2D eigenvalue weighted by Gasteiger charge is -2.34. The molecule has 1 atom stereocenters. The van der Waals surface area contributed by atoms with Gasteiger partial charge in [-0.05, 0) is 75.4 Å². The number of hydrogen-bond donors (Lipinski definition) is 2. The fourth-order valence-electron chi connectivity index (χ4n) is 3.79. The second-order valence-corrected chi connectivity index (χ2v) is 7.62. The maximum atomic E-state index is 9.36. The summed E-state index contributed by atoms with van der Waals surface area (Å²) >= 11 is 0. The van der Waals surface area contributed by atoms with E-state index in [-0.39, 0.29) is 0 Å². The summed E-state index contributed by atoms with van der Waals surface area (Å²) < 4.78 is 0. The van der Waals surface area contributed by atoms with Gasteiger partial charge in [-0.2, -0.15) is 0 Å². The molecule has 0 aromatic heterocycles. The Morgan fingerprint density at radius 2 is 1.62 bits per heavy atom. The summed E-state index contributed by atoms with van der Waals surface area (Å²) in [5.74, 6) is 0.346. The minimum absolute atomic E-state index is 0.346. The van der Waals surface area contributed by atoms with Crippen molar-refractivity contribution in [2.45, 2.75) is 51.1 Å². The normalized spacial score (nSPS) is 17.3. The molecular weight excluding hydrogens is 320 g/mol. The number of rotatable bonds is 8. The Balaban J connectivity index is 1.32. The summed E-state index contributed by atoms with van der Waals surface area (Å²) in [4.78, 5) is 2.60. The molecule has 1 aliphatic rings. The summed E-state index contributed by atoms with van der Waals surface area (Å²) in [6, 6.07) is 19.6. The average Bonchev–Trinajstić information content (AvgIpc) is 2.68. The molecule has 1 unspecified atom stereocenters. The number of benzene rings is 2. The van der Waals surface area contributed by atoms with Gasteiger partial charge >= 0.3 is 0 Å². The molecule has 1 heterocycles. The van der Waals surface area contributed by atoms with E-state index in [0.29, 0.717) is 17.8 Å². The third-order valence-corrected chi connectivity index (χ3v) is 5.47. The van der Waals surface area contributed by atoms with Crippen LogP contribution in [0.15, 0.2) is 54.6 Å². The van der Waals surface area contributed by atoms with Crippen molar-refractivity contribution in [2.24, 2.45) is 0 Å². The molecule has 1 aliphatic heterocycles. The Hall–Kier alpha value is -1.84. The summed E-state index contributed by atoms with van der Waals surface area (Å²) in [5, 5.41) is 13.2. The quantitative estimate of drug-likeness (QED) is 0.753. The minimum Gasteiger partial charge on any atom is -0.508 e. The van der Waals surface area contributed by atoms with Crippen LogP contribution in [0.5, 0.6) is 5.75 Å². The summed E-state index contributed by atoms with van der Waals surface area (Å²) in [7, 11) is 0. The van der Waals surface area contributed by atoms with Gasteiger partial charge in [0.15, 0.2) is 0 Å². The smallest absolute Gasteiger partial charge is 0.115 e. The lowest BCUT2D eigenvalue weighted by atomic mass is 10.0. The van der Waals surface area contributed by atoms with Crippen molar-refractivity contribution in [1.82, 2.24) is 10.2 Å². The van der Waals surface area contributed by atoms with Crippen LogP contribution in [0.25, 0.3) is 0 Å². The van der Waals surface area contributed by atoms with E-state index in [1.165, 1.54) is 43.6 Å². The Labute approximate surface area is 158 Å². The fourth-order valence-corrected chi connectivity index (χ4v) is 3.79. The van der Waals surface area contributed by atoms with Gasteiger partial charge in [-0.3, -0.25) is 0 Å². The summed E-state index contributed by atoms with van der Waals surface area (Å²) in [6.07, 6.45) is 5.85. The first-order valence-corrected chi connectivity index (χ1v) is 9.99. The van der Waals surface area contributed by atoms with Crippen LogP contribution in [0.2, 0.25) is 0 Å². The minimum atomic E-state index is 0.346. The zero-order chi connectivity index (χ0) is 18.2. The first-order chi connectivity index (χ1) is 12.7. The Morgan fingerprint density at radius 1 is 0.962 bits per heavy atom. The lowest BCUT2D eigenvalue weighted by molar-refractivity contribution is 0.193. The van der Waals surface area contributed by atoms with Crippen molar-refractivity contribution in [3.05, 3.63) is 65.7 Å². The third kappa shape index (κ3) is 6.15. The maximum absolute atomic E-state index is 9.36. The fraction of sp³-hybridized carbons (Fsp3) is 0.478. The largest absolute Gasteiger partial charge is 0.508 e. The van der Waals surface area contributed by atoms with Crippen LogP contribution in [0.1, 0.15) is 37.3 Å². The van der Waals surface area contributed by atoms with Crippen LogP contribution in [0.4, 0.5) is 0 Å². The SMILES string of the molecule is CC(CCc1ccc(O)cc1)NC1CCN(CCc2ccccc2)CC1. The molecule has 0 amide bonds. The molecule has 1 saturated heterocycles. The second kappa shape index (κ2) is 9.75. The van der Waals surface area contributed by atoms with Gasteiger partial charge in [0.25, 0.3) is 0 Å². The average molecular weight is 353 g/mol. The number of aromatic hydroxyl groups is 1. The van der Waals surface area contributed by atoms with E-state index >= 15 is 0 Å². The van der Waals surface area contributed by atoms with Gasteiger partial charge in [0, 0.05) is 18.6 Å². The van der Waals surface area contributed by atoms with Gasteiger partial charge in [0.05, 0.1) is 0 Å². The molecule has 1 fully saturated rings. The van der Waals surface area contributed by atoms with E-state index in [1.807, 2.05) is 12.1 Å². The van der Waals surface area contributed by atoms with Crippen molar-refractivity contribution in [3.8, 4) is 5.75 Å². The third-order valence-electron chi connectivity index (χ3n) is 5.47. The topological polar surface area (TPSA) is 35.5 Å². The predicted octanol–water partition coefficient (Wildman–Crippen LogP) is 4.01. The molecule has 140 valence electrons. The molecule has 3 heteroatoms. The van der Waals surface area contributed by atoms with Gasteiger partial charge < -0.3 is 15.3 Å². The van der Waals surface area contributed by atoms with E-state index in [1.54, 1.807) is 12.1 Å². The van der Waals surface area contributed by atoms with E-state index in [9.17, 15) is 5.11 Å². The van der Waals surface area contributed by atoms with Gasteiger partial charge in [0.1, 0.15) is 5.75 Å². The molecule has 26 heavy (non-hydrogen) atoms. The molecule has 0 saturated carbocycles. The van der Waals surface area contributed by atoms with Crippen LogP contribution >= 0.6 is 0 Å². The summed E-state index contributed by atoms with van der Waals surface area (Å²) in [6.45, 7) is 5.87. The van der Waals surface area contributed by atoms with Crippen molar-refractivity contribution < 1.29 is 5.11 Å². The molecule has 0 bridgehead atoms. The Morgan fingerprint density at radius 3 is 2.31 bits per heavy atom. The number of hydrogen-bond acceptors (Lipinski definition) is 3. The predicted molar refractivity (Wildman–Crippen MR) is 109 cm³/mol. The van der Waals surface area contributed by atoms with E-state index in [2.05, 4.69) is 47.5 Å². The highest BCUT2D eigenvalue weighted by atomic mass is 16.3. The molecule has 0 spiro atoms. The standard InChI is InChI=1S/C23H32N2O/c1-19(7-8-21-9-11-23(26)12-10-21)24-22-14-17-25(18-15-22)16-13-20-5-3-2-4-6-20/h2-6,9-12,19,22,24,26H,7-8,13-18H2,1H3. The first-order valence-electron chi connectivity index (χ1n) is 9.99. The van der Waals surface area contributed by atoms with Crippen molar-refractivity contribution in [1.29, 1.82) is 0 Å². The lowest BCUT2D eigenvalue weighted by Crippen LogP contribution is -2.45. The van der Waals surface area contributed by atoms with Gasteiger partial charge in [-0.25, -0.2) is 0 Å². The van der Waals surface area contributed by atoms with Gasteiger partial charge in [0.2, 0.25) is 0 Å². The maximum Gasteiger partial charge on any atom is 0.115 e. The van der Waals surface area contributed by atoms with E-state index in [4.69, 9.17) is 0 Å². The summed E-state index contributed by atoms with van der Waals surface area (Å²) in [5.41, 5.74) is 2.74. The number of phenols is 1. The highest BCUT2D eigenvalue weighted by Crippen LogP contribution is 2.15. The van der Waals surface area contributed by atoms with E-state index in [0.717, 1.165) is 19.3 Å². The number of nitrogens with one attached hydrogen (secondary N) is 1. The van der Waals surface area contributed by atoms with Gasteiger partial charge in [-0.15, -0.1) is 0 Å². The van der Waals surface area contributed by atoms with Gasteiger partial charge in [-0.1, -0.05) is 42.5 Å². The molecule has 3 nitrogen and oxygen atoms in total. The van der Waals surface area contributed by atoms with Crippen LogP contribution in [-0.4, -0.2) is 41.7 Å².